The molecule has 0 bridgehead atoms. The van der Waals surface area contributed by atoms with Crippen LogP contribution < -0.4 is 4.90 Å². The highest BCUT2D eigenvalue weighted by molar-refractivity contribution is 5.58. The van der Waals surface area contributed by atoms with Gasteiger partial charge in [-0.2, -0.15) is 5.26 Å². The van der Waals surface area contributed by atoms with Crippen molar-refractivity contribution in [2.75, 3.05) is 18.0 Å². The van der Waals surface area contributed by atoms with Gasteiger partial charge in [0.05, 0.1) is 18.3 Å². The molecule has 0 saturated carbocycles. The minimum atomic E-state index is -0.905. The van der Waals surface area contributed by atoms with Gasteiger partial charge in [-0.1, -0.05) is 5.21 Å². The molecular formula is C16H20N6O. The van der Waals surface area contributed by atoms with Crippen LogP contribution in [0.1, 0.15) is 29.7 Å². The zero-order valence-corrected chi connectivity index (χ0v) is 13.4. The van der Waals surface area contributed by atoms with Crippen molar-refractivity contribution in [2.24, 2.45) is 0 Å². The summed E-state index contributed by atoms with van der Waals surface area (Å²) in [5.74, 6) is 0.668. The molecule has 1 aliphatic rings. The molecule has 3 rings (SSSR count). The van der Waals surface area contributed by atoms with Gasteiger partial charge in [-0.3, -0.25) is 0 Å². The number of anilines is 1. The van der Waals surface area contributed by atoms with Crippen molar-refractivity contribution in [2.45, 2.75) is 38.8 Å². The Balaban J connectivity index is 1.88. The number of β-amino-alcohol motifs (C(OH)–C–C–N with tert-alkyl or cyclic N) is 1. The Labute approximate surface area is 135 Å². The first-order valence-corrected chi connectivity index (χ1v) is 7.70. The van der Waals surface area contributed by atoms with E-state index >= 15 is 0 Å². The summed E-state index contributed by atoms with van der Waals surface area (Å²) >= 11 is 0. The molecule has 2 aromatic rings. The smallest absolute Gasteiger partial charge is 0.147 e. The van der Waals surface area contributed by atoms with Crippen LogP contribution in [0, 0.1) is 25.2 Å². The van der Waals surface area contributed by atoms with E-state index in [1.165, 1.54) is 0 Å². The van der Waals surface area contributed by atoms with E-state index < -0.39 is 5.60 Å². The Morgan fingerprint density at radius 1 is 1.43 bits per heavy atom. The number of piperidine rings is 1. The molecule has 7 heteroatoms. The number of aromatic nitrogens is 4. The summed E-state index contributed by atoms with van der Waals surface area (Å²) in [6.45, 7) is 5.43. The van der Waals surface area contributed by atoms with Gasteiger partial charge in [0.25, 0.3) is 0 Å². The number of nitriles is 1. The first-order chi connectivity index (χ1) is 11.0. The Bertz CT molecular complexity index is 736. The summed E-state index contributed by atoms with van der Waals surface area (Å²) in [6.07, 6.45) is 4.87. The topological polar surface area (TPSA) is 90.9 Å². The normalized spacial score (nSPS) is 21.2. The Morgan fingerprint density at radius 3 is 2.96 bits per heavy atom. The van der Waals surface area contributed by atoms with Crippen molar-refractivity contribution in [3.8, 4) is 6.07 Å². The van der Waals surface area contributed by atoms with E-state index in [2.05, 4.69) is 21.4 Å². The lowest BCUT2D eigenvalue weighted by atomic mass is 9.92. The zero-order chi connectivity index (χ0) is 16.4. The summed E-state index contributed by atoms with van der Waals surface area (Å²) < 4.78 is 1.64. The van der Waals surface area contributed by atoms with Crippen LogP contribution in [0.4, 0.5) is 5.82 Å². The van der Waals surface area contributed by atoms with Gasteiger partial charge in [0.1, 0.15) is 17.5 Å². The Kier molecular flexibility index (Phi) is 4.01. The molecule has 1 atom stereocenters. The Morgan fingerprint density at radius 2 is 2.26 bits per heavy atom. The van der Waals surface area contributed by atoms with Gasteiger partial charge >= 0.3 is 0 Å². The fourth-order valence-corrected chi connectivity index (χ4v) is 3.22. The van der Waals surface area contributed by atoms with Crippen molar-refractivity contribution in [1.82, 2.24) is 20.0 Å². The lowest BCUT2D eigenvalue weighted by Crippen LogP contribution is -2.51. The van der Waals surface area contributed by atoms with Crippen molar-refractivity contribution in [3.05, 3.63) is 35.3 Å². The number of hydrogen-bond donors (Lipinski definition) is 1. The molecular weight excluding hydrogens is 292 g/mol. The number of pyridine rings is 1. The van der Waals surface area contributed by atoms with E-state index in [0.717, 1.165) is 24.2 Å². The summed E-state index contributed by atoms with van der Waals surface area (Å²) in [7, 11) is 0. The highest BCUT2D eigenvalue weighted by Crippen LogP contribution is 2.29. The van der Waals surface area contributed by atoms with Crippen LogP contribution in [-0.4, -0.2) is 43.8 Å². The third kappa shape index (κ3) is 3.17. The third-order valence-electron chi connectivity index (χ3n) is 4.22. The van der Waals surface area contributed by atoms with Crippen molar-refractivity contribution >= 4 is 5.82 Å². The maximum atomic E-state index is 10.9. The second-order valence-electron chi connectivity index (χ2n) is 6.24. The van der Waals surface area contributed by atoms with Gasteiger partial charge in [-0.25, -0.2) is 9.67 Å². The Hall–Kier alpha value is -2.46. The van der Waals surface area contributed by atoms with Crippen molar-refractivity contribution < 1.29 is 5.11 Å². The average molecular weight is 312 g/mol. The standard InChI is InChI=1S/C16H20N6O/c1-12-8-13(2)19-15(14(12)9-17)21-6-3-4-16(23,10-21)11-22-7-5-18-20-22/h5,7-8,23H,3-4,6,10-11H2,1-2H3. The second-order valence-corrected chi connectivity index (χ2v) is 6.24. The largest absolute Gasteiger partial charge is 0.386 e. The molecule has 2 aromatic heterocycles. The fraction of sp³-hybridized carbons (Fsp3) is 0.500. The maximum absolute atomic E-state index is 10.9. The molecule has 1 unspecified atom stereocenters. The van der Waals surface area contributed by atoms with Crippen LogP contribution in [0.2, 0.25) is 0 Å². The molecule has 3 heterocycles. The highest BCUT2D eigenvalue weighted by Gasteiger charge is 2.35. The van der Waals surface area contributed by atoms with Crippen LogP contribution in [0.5, 0.6) is 0 Å². The first-order valence-electron chi connectivity index (χ1n) is 7.70. The number of rotatable bonds is 3. The molecule has 0 radical (unpaired) electrons. The number of aryl methyl sites for hydroxylation is 2. The van der Waals surface area contributed by atoms with E-state index in [0.29, 0.717) is 30.9 Å². The van der Waals surface area contributed by atoms with E-state index in [1.54, 1.807) is 17.1 Å². The number of aliphatic hydroxyl groups is 1. The lowest BCUT2D eigenvalue weighted by molar-refractivity contribution is 0.00583. The predicted molar refractivity (Wildman–Crippen MR) is 84.8 cm³/mol. The molecule has 7 nitrogen and oxygen atoms in total. The minimum absolute atomic E-state index is 0.385. The summed E-state index contributed by atoms with van der Waals surface area (Å²) in [4.78, 5) is 6.56. The second kappa shape index (κ2) is 5.97. The first kappa shape index (κ1) is 15.4. The van der Waals surface area contributed by atoms with Gasteiger partial charge in [-0.15, -0.1) is 5.10 Å². The van der Waals surface area contributed by atoms with Crippen molar-refractivity contribution in [1.29, 1.82) is 5.26 Å². The molecule has 1 fully saturated rings. The number of hydrogen-bond acceptors (Lipinski definition) is 6. The van der Waals surface area contributed by atoms with Gasteiger partial charge in [0.15, 0.2) is 0 Å². The van der Waals surface area contributed by atoms with E-state index in [9.17, 15) is 10.4 Å². The SMILES string of the molecule is Cc1cc(C)c(C#N)c(N2CCCC(O)(Cn3ccnn3)C2)n1. The van der Waals surface area contributed by atoms with Gasteiger partial charge < -0.3 is 10.0 Å². The van der Waals surface area contributed by atoms with E-state index in [1.807, 2.05) is 24.8 Å². The van der Waals surface area contributed by atoms with Crippen LogP contribution in [-0.2, 0) is 6.54 Å². The summed E-state index contributed by atoms with van der Waals surface area (Å²) in [5, 5.41) is 28.1. The molecule has 120 valence electrons. The lowest BCUT2D eigenvalue weighted by Gasteiger charge is -2.40. The van der Waals surface area contributed by atoms with Crippen LogP contribution in [0.3, 0.4) is 0 Å². The van der Waals surface area contributed by atoms with Crippen LogP contribution >= 0.6 is 0 Å². The molecule has 1 aliphatic heterocycles. The fourth-order valence-electron chi connectivity index (χ4n) is 3.22. The van der Waals surface area contributed by atoms with Gasteiger partial charge in [0.2, 0.25) is 0 Å². The predicted octanol–water partition coefficient (Wildman–Crippen LogP) is 1.19. The highest BCUT2D eigenvalue weighted by atomic mass is 16.3. The van der Waals surface area contributed by atoms with Gasteiger partial charge in [0, 0.05) is 25.0 Å². The number of nitrogens with zero attached hydrogens (tertiary/aromatic N) is 6. The monoisotopic (exact) mass is 312 g/mol. The van der Waals surface area contributed by atoms with Crippen molar-refractivity contribution in [3.63, 3.8) is 0 Å². The van der Waals surface area contributed by atoms with Crippen LogP contribution in [0.25, 0.3) is 0 Å². The zero-order valence-electron chi connectivity index (χ0n) is 13.4. The molecule has 1 saturated heterocycles. The summed E-state index contributed by atoms with van der Waals surface area (Å²) in [6, 6.07) is 4.16. The molecule has 0 aliphatic carbocycles. The molecule has 0 aromatic carbocycles. The van der Waals surface area contributed by atoms with Gasteiger partial charge in [-0.05, 0) is 38.3 Å². The average Bonchev–Trinajstić information content (AvgIpc) is 2.98. The maximum Gasteiger partial charge on any atom is 0.147 e. The summed E-state index contributed by atoms with van der Waals surface area (Å²) in [5.41, 5.74) is 1.47. The molecule has 23 heavy (non-hydrogen) atoms. The molecule has 1 N–H and O–H groups in total. The minimum Gasteiger partial charge on any atom is -0.386 e. The quantitative estimate of drug-likeness (QED) is 0.915. The molecule has 0 spiro atoms. The van der Waals surface area contributed by atoms with E-state index in [-0.39, 0.29) is 0 Å². The van der Waals surface area contributed by atoms with E-state index in [4.69, 9.17) is 0 Å². The molecule has 0 amide bonds. The third-order valence-corrected chi connectivity index (χ3v) is 4.22. The van der Waals surface area contributed by atoms with Crippen LogP contribution in [0.15, 0.2) is 18.5 Å².